The maximum Gasteiger partial charge on any atom is 0.0787 e. The van der Waals surface area contributed by atoms with Crippen LogP contribution in [0.5, 0.6) is 0 Å². The number of nitrogens with zero attached hydrogens (tertiary/aromatic N) is 1. The number of anilines is 1. The van der Waals surface area contributed by atoms with Gasteiger partial charge in [0.15, 0.2) is 0 Å². The molecule has 0 fully saturated rings. The van der Waals surface area contributed by atoms with Crippen molar-refractivity contribution in [2.45, 2.75) is 19.4 Å². The molecule has 18 heavy (non-hydrogen) atoms. The van der Waals surface area contributed by atoms with Crippen LogP contribution in [0.3, 0.4) is 0 Å². The van der Waals surface area contributed by atoms with Crippen LogP contribution >= 0.6 is 0 Å². The Labute approximate surface area is 109 Å². The first kappa shape index (κ1) is 15.0. The van der Waals surface area contributed by atoms with Gasteiger partial charge in [-0.2, -0.15) is 0 Å². The Morgan fingerprint density at radius 3 is 2.39 bits per heavy atom. The van der Waals surface area contributed by atoms with Crippen molar-refractivity contribution in [1.29, 1.82) is 0 Å². The van der Waals surface area contributed by atoms with Gasteiger partial charge in [-0.15, -0.1) is 0 Å². The maximum atomic E-state index is 9.73. The molecule has 0 aliphatic heterocycles. The number of hydrogen-bond acceptors (Lipinski definition) is 4. The van der Waals surface area contributed by atoms with E-state index < -0.39 is 6.10 Å². The average molecular weight is 253 g/mol. The van der Waals surface area contributed by atoms with E-state index in [1.54, 1.807) is 7.11 Å². The first-order valence-corrected chi connectivity index (χ1v) is 6.35. The third kappa shape index (κ3) is 4.29. The molecule has 0 aliphatic rings. The fraction of sp³-hybridized carbons (Fsp3) is 0.571. The van der Waals surface area contributed by atoms with E-state index in [2.05, 4.69) is 4.90 Å². The van der Waals surface area contributed by atoms with Gasteiger partial charge in [0.25, 0.3) is 0 Å². The molecule has 1 rings (SSSR count). The SMILES string of the molecule is CC[C@H](O)c1ccc(N(CCO)CCOC)cc1. The Hall–Kier alpha value is -1.10. The largest absolute Gasteiger partial charge is 0.395 e. The quantitative estimate of drug-likeness (QED) is 0.738. The molecular formula is C14H23NO3. The highest BCUT2D eigenvalue weighted by atomic mass is 16.5. The second-order valence-electron chi connectivity index (χ2n) is 4.22. The molecule has 4 heteroatoms. The fourth-order valence-corrected chi connectivity index (χ4v) is 1.84. The molecule has 1 atom stereocenters. The molecule has 1 aromatic carbocycles. The lowest BCUT2D eigenvalue weighted by molar-refractivity contribution is 0.173. The van der Waals surface area contributed by atoms with E-state index >= 15 is 0 Å². The Bertz CT molecular complexity index is 326. The summed E-state index contributed by atoms with van der Waals surface area (Å²) in [6.07, 6.45) is 0.313. The zero-order valence-electron chi connectivity index (χ0n) is 11.2. The fourth-order valence-electron chi connectivity index (χ4n) is 1.84. The van der Waals surface area contributed by atoms with Gasteiger partial charge in [0.1, 0.15) is 0 Å². The van der Waals surface area contributed by atoms with Gasteiger partial charge in [-0.3, -0.25) is 0 Å². The number of hydrogen-bond donors (Lipinski definition) is 2. The molecule has 0 saturated heterocycles. The molecule has 0 heterocycles. The molecule has 2 N–H and O–H groups in total. The van der Waals surface area contributed by atoms with Crippen LogP contribution in [-0.4, -0.2) is 43.6 Å². The number of aliphatic hydroxyl groups is 2. The van der Waals surface area contributed by atoms with Crippen LogP contribution < -0.4 is 4.90 Å². The van der Waals surface area contributed by atoms with Crippen molar-refractivity contribution >= 4 is 5.69 Å². The summed E-state index contributed by atoms with van der Waals surface area (Å²) in [5, 5.41) is 18.8. The van der Waals surface area contributed by atoms with Crippen molar-refractivity contribution in [3.8, 4) is 0 Å². The molecule has 0 amide bonds. The normalized spacial score (nSPS) is 12.4. The number of aliphatic hydroxyl groups excluding tert-OH is 2. The van der Waals surface area contributed by atoms with Gasteiger partial charge in [-0.25, -0.2) is 0 Å². The van der Waals surface area contributed by atoms with Crippen molar-refractivity contribution < 1.29 is 14.9 Å². The van der Waals surface area contributed by atoms with Gasteiger partial charge >= 0.3 is 0 Å². The summed E-state index contributed by atoms with van der Waals surface area (Å²) in [5.74, 6) is 0. The van der Waals surface area contributed by atoms with Crippen LogP contribution in [0, 0.1) is 0 Å². The Balaban J connectivity index is 2.73. The van der Waals surface area contributed by atoms with Crippen LogP contribution in [0.1, 0.15) is 25.0 Å². The summed E-state index contributed by atoms with van der Waals surface area (Å²) in [7, 11) is 1.66. The Morgan fingerprint density at radius 1 is 1.22 bits per heavy atom. The molecule has 0 spiro atoms. The summed E-state index contributed by atoms with van der Waals surface area (Å²) in [6, 6.07) is 7.81. The van der Waals surface area contributed by atoms with E-state index in [0.29, 0.717) is 19.6 Å². The monoisotopic (exact) mass is 253 g/mol. The third-order valence-electron chi connectivity index (χ3n) is 2.96. The molecule has 4 nitrogen and oxygen atoms in total. The number of ether oxygens (including phenoxy) is 1. The minimum atomic E-state index is -0.399. The van der Waals surface area contributed by atoms with Gasteiger partial charge in [0.05, 0.1) is 19.3 Å². The summed E-state index contributed by atoms with van der Waals surface area (Å²) in [5.41, 5.74) is 1.96. The molecule has 0 saturated carbocycles. The molecule has 0 aromatic heterocycles. The molecular weight excluding hydrogens is 230 g/mol. The van der Waals surface area contributed by atoms with Crippen LogP contribution in [0.2, 0.25) is 0 Å². The lowest BCUT2D eigenvalue weighted by Gasteiger charge is -2.24. The number of methoxy groups -OCH3 is 1. The van der Waals surface area contributed by atoms with Crippen molar-refractivity contribution in [3.05, 3.63) is 29.8 Å². The summed E-state index contributed by atoms with van der Waals surface area (Å²) in [6.45, 7) is 4.02. The average Bonchev–Trinajstić information content (AvgIpc) is 2.43. The van der Waals surface area contributed by atoms with Gasteiger partial charge < -0.3 is 19.8 Å². The molecule has 0 radical (unpaired) electrons. The van der Waals surface area contributed by atoms with E-state index in [0.717, 1.165) is 17.8 Å². The molecule has 1 aromatic rings. The lowest BCUT2D eigenvalue weighted by atomic mass is 10.1. The van der Waals surface area contributed by atoms with E-state index in [1.165, 1.54) is 0 Å². The number of rotatable bonds is 8. The third-order valence-corrected chi connectivity index (χ3v) is 2.96. The second-order valence-corrected chi connectivity index (χ2v) is 4.22. The van der Waals surface area contributed by atoms with E-state index in [4.69, 9.17) is 9.84 Å². The topological polar surface area (TPSA) is 52.9 Å². The van der Waals surface area contributed by atoms with Crippen molar-refractivity contribution in [1.82, 2.24) is 0 Å². The molecule has 102 valence electrons. The molecule has 0 unspecified atom stereocenters. The first-order valence-electron chi connectivity index (χ1n) is 6.35. The highest BCUT2D eigenvalue weighted by Crippen LogP contribution is 2.20. The van der Waals surface area contributed by atoms with Gasteiger partial charge in [0, 0.05) is 25.9 Å². The molecule has 0 aliphatic carbocycles. The zero-order valence-corrected chi connectivity index (χ0v) is 11.2. The first-order chi connectivity index (χ1) is 8.72. The van der Waals surface area contributed by atoms with Gasteiger partial charge in [-0.1, -0.05) is 19.1 Å². The lowest BCUT2D eigenvalue weighted by Crippen LogP contribution is -2.30. The van der Waals surface area contributed by atoms with E-state index in [9.17, 15) is 5.11 Å². The maximum absolute atomic E-state index is 9.73. The predicted octanol–water partition coefficient (Wildman–Crippen LogP) is 1.58. The highest BCUT2D eigenvalue weighted by Gasteiger charge is 2.08. The van der Waals surface area contributed by atoms with Gasteiger partial charge in [0.2, 0.25) is 0 Å². The number of benzene rings is 1. The van der Waals surface area contributed by atoms with Crippen molar-refractivity contribution in [3.63, 3.8) is 0 Å². The van der Waals surface area contributed by atoms with Crippen LogP contribution in [0.15, 0.2) is 24.3 Å². The Morgan fingerprint density at radius 2 is 1.89 bits per heavy atom. The minimum Gasteiger partial charge on any atom is -0.395 e. The zero-order chi connectivity index (χ0) is 13.4. The second kappa shape index (κ2) is 8.08. The van der Waals surface area contributed by atoms with Gasteiger partial charge in [-0.05, 0) is 24.1 Å². The van der Waals surface area contributed by atoms with E-state index in [-0.39, 0.29) is 6.61 Å². The summed E-state index contributed by atoms with van der Waals surface area (Å²) >= 11 is 0. The predicted molar refractivity (Wildman–Crippen MR) is 72.9 cm³/mol. The van der Waals surface area contributed by atoms with Crippen LogP contribution in [0.4, 0.5) is 5.69 Å². The minimum absolute atomic E-state index is 0.114. The summed E-state index contributed by atoms with van der Waals surface area (Å²) in [4.78, 5) is 2.06. The van der Waals surface area contributed by atoms with Crippen molar-refractivity contribution in [2.24, 2.45) is 0 Å². The summed E-state index contributed by atoms with van der Waals surface area (Å²) < 4.78 is 5.06. The standard InChI is InChI=1S/C14H23NO3/c1-3-14(17)12-4-6-13(7-5-12)15(8-10-16)9-11-18-2/h4-7,14,16-17H,3,8-11H2,1-2H3/t14-/m0/s1. The van der Waals surface area contributed by atoms with E-state index in [1.807, 2.05) is 31.2 Å². The Kier molecular flexibility index (Phi) is 6.72. The highest BCUT2D eigenvalue weighted by molar-refractivity contribution is 5.48. The van der Waals surface area contributed by atoms with Crippen LogP contribution in [-0.2, 0) is 4.74 Å². The van der Waals surface area contributed by atoms with Crippen LogP contribution in [0.25, 0.3) is 0 Å². The molecule has 0 bridgehead atoms. The smallest absolute Gasteiger partial charge is 0.0787 e. The van der Waals surface area contributed by atoms with Crippen molar-refractivity contribution in [2.75, 3.05) is 38.3 Å².